The zero-order chi connectivity index (χ0) is 12.2. The number of alkyl halides is 2. The van der Waals surface area contributed by atoms with Crippen molar-refractivity contribution in [2.24, 2.45) is 0 Å². The highest BCUT2D eigenvalue weighted by Gasteiger charge is 2.34. The molecule has 0 heterocycles. The third-order valence-corrected chi connectivity index (χ3v) is 2.49. The van der Waals surface area contributed by atoms with Gasteiger partial charge in [0, 0.05) is 13.0 Å². The number of benzene rings is 1. The van der Waals surface area contributed by atoms with E-state index in [0.29, 0.717) is 6.42 Å². The summed E-state index contributed by atoms with van der Waals surface area (Å²) in [6, 6.07) is 4.74. The van der Waals surface area contributed by atoms with Gasteiger partial charge in [-0.15, -0.1) is 0 Å². The Bertz CT molecular complexity index is 351. The van der Waals surface area contributed by atoms with Crippen molar-refractivity contribution in [1.82, 2.24) is 0 Å². The lowest BCUT2D eigenvalue weighted by molar-refractivity contribution is -0.0288. The monoisotopic (exact) mass is 230 g/mol. The Kier molecular flexibility index (Phi) is 4.24. The molecular formula is C12H16F2O2. The molecule has 0 aliphatic rings. The Morgan fingerprint density at radius 3 is 2.56 bits per heavy atom. The molecule has 0 radical (unpaired) electrons. The third-order valence-electron chi connectivity index (χ3n) is 2.49. The number of aryl methyl sites for hydroxylation is 1. The van der Waals surface area contributed by atoms with E-state index in [-0.39, 0.29) is 11.3 Å². The molecule has 1 aromatic carbocycles. The predicted molar refractivity (Wildman–Crippen MR) is 58.0 cm³/mol. The van der Waals surface area contributed by atoms with Gasteiger partial charge in [0.1, 0.15) is 5.75 Å². The fourth-order valence-electron chi connectivity index (χ4n) is 1.54. The van der Waals surface area contributed by atoms with Crippen molar-refractivity contribution in [2.45, 2.75) is 25.7 Å². The fourth-order valence-corrected chi connectivity index (χ4v) is 1.54. The molecule has 0 amide bonds. The van der Waals surface area contributed by atoms with E-state index in [1.54, 1.807) is 12.1 Å². The largest absolute Gasteiger partial charge is 0.496 e. The van der Waals surface area contributed by atoms with Crippen molar-refractivity contribution in [3.05, 3.63) is 29.3 Å². The maximum Gasteiger partial charge on any atom is 0.279 e. The number of ether oxygens (including phenoxy) is 1. The minimum Gasteiger partial charge on any atom is -0.496 e. The molecule has 0 atom stereocenters. The van der Waals surface area contributed by atoms with Crippen LogP contribution in [0.4, 0.5) is 8.78 Å². The molecular weight excluding hydrogens is 214 g/mol. The normalized spacial score (nSPS) is 11.6. The maximum atomic E-state index is 13.7. The van der Waals surface area contributed by atoms with Crippen LogP contribution in [0.15, 0.2) is 18.2 Å². The second-order valence-corrected chi connectivity index (χ2v) is 3.57. The second-order valence-electron chi connectivity index (χ2n) is 3.57. The van der Waals surface area contributed by atoms with Gasteiger partial charge in [-0.2, -0.15) is 0 Å². The van der Waals surface area contributed by atoms with Crippen LogP contribution < -0.4 is 4.74 Å². The molecule has 0 saturated heterocycles. The van der Waals surface area contributed by atoms with Crippen LogP contribution in [0.1, 0.15) is 24.5 Å². The molecule has 0 aliphatic carbocycles. The summed E-state index contributed by atoms with van der Waals surface area (Å²) in [7, 11) is 1.36. The van der Waals surface area contributed by atoms with Crippen molar-refractivity contribution in [1.29, 1.82) is 0 Å². The average Bonchev–Trinajstić information content (AvgIpc) is 2.28. The third kappa shape index (κ3) is 2.70. The highest BCUT2D eigenvalue weighted by molar-refractivity contribution is 5.40. The van der Waals surface area contributed by atoms with Crippen LogP contribution in [0.2, 0.25) is 0 Å². The van der Waals surface area contributed by atoms with Crippen LogP contribution in [-0.2, 0) is 12.3 Å². The molecule has 1 rings (SSSR count). The Morgan fingerprint density at radius 1 is 1.38 bits per heavy atom. The summed E-state index contributed by atoms with van der Waals surface area (Å²) in [4.78, 5) is 0. The van der Waals surface area contributed by atoms with Gasteiger partial charge in [0.05, 0.1) is 12.7 Å². The Labute approximate surface area is 93.9 Å². The summed E-state index contributed by atoms with van der Waals surface area (Å²) in [5, 5.41) is 8.63. The lowest BCUT2D eigenvalue weighted by Gasteiger charge is -2.19. The van der Waals surface area contributed by atoms with E-state index in [4.69, 9.17) is 9.84 Å². The van der Waals surface area contributed by atoms with Crippen molar-refractivity contribution >= 4 is 0 Å². The van der Waals surface area contributed by atoms with Crippen LogP contribution >= 0.6 is 0 Å². The number of methoxy groups -OCH3 is 1. The molecule has 0 aromatic heterocycles. The van der Waals surface area contributed by atoms with Gasteiger partial charge in [0.2, 0.25) is 0 Å². The van der Waals surface area contributed by atoms with Gasteiger partial charge in [-0.25, -0.2) is 8.78 Å². The highest BCUT2D eigenvalue weighted by atomic mass is 19.3. The molecule has 2 nitrogen and oxygen atoms in total. The van der Waals surface area contributed by atoms with E-state index in [9.17, 15) is 8.78 Å². The van der Waals surface area contributed by atoms with E-state index in [1.165, 1.54) is 13.2 Å². The molecule has 0 bridgehead atoms. The number of aliphatic hydroxyl groups is 1. The number of hydrogen-bond donors (Lipinski definition) is 1. The first-order chi connectivity index (χ1) is 7.55. The first-order valence-electron chi connectivity index (χ1n) is 5.21. The van der Waals surface area contributed by atoms with E-state index >= 15 is 0 Å². The van der Waals surface area contributed by atoms with Crippen LogP contribution in [0.25, 0.3) is 0 Å². The van der Waals surface area contributed by atoms with Crippen LogP contribution in [0.3, 0.4) is 0 Å². The van der Waals surface area contributed by atoms with Gasteiger partial charge in [-0.05, 0) is 24.1 Å². The smallest absolute Gasteiger partial charge is 0.279 e. The van der Waals surface area contributed by atoms with Gasteiger partial charge >= 0.3 is 0 Å². The summed E-state index contributed by atoms with van der Waals surface area (Å²) < 4.78 is 32.3. The molecule has 0 unspecified atom stereocenters. The number of hydrogen-bond acceptors (Lipinski definition) is 2. The summed E-state index contributed by atoms with van der Waals surface area (Å²) in [6.45, 7) is 1.35. The van der Waals surface area contributed by atoms with Crippen molar-refractivity contribution in [3.8, 4) is 5.75 Å². The maximum absolute atomic E-state index is 13.7. The van der Waals surface area contributed by atoms with Gasteiger partial charge in [-0.1, -0.05) is 13.0 Å². The molecule has 4 heteroatoms. The second kappa shape index (κ2) is 5.25. The van der Waals surface area contributed by atoms with E-state index < -0.39 is 19.0 Å². The van der Waals surface area contributed by atoms with E-state index in [0.717, 1.165) is 5.56 Å². The summed E-state index contributed by atoms with van der Waals surface area (Å²) >= 11 is 0. The average molecular weight is 230 g/mol. The van der Waals surface area contributed by atoms with Crippen LogP contribution in [0, 0.1) is 0 Å². The predicted octanol–water partition coefficient (Wildman–Crippen LogP) is 2.73. The summed E-state index contributed by atoms with van der Waals surface area (Å²) in [5.74, 6) is -2.89. The SMILES string of the molecule is CCc1ccc(OC)c(C(F)(F)CCO)c1. The van der Waals surface area contributed by atoms with Gasteiger partial charge in [0.15, 0.2) is 0 Å². The van der Waals surface area contributed by atoms with Crippen LogP contribution in [-0.4, -0.2) is 18.8 Å². The van der Waals surface area contributed by atoms with Crippen LogP contribution in [0.5, 0.6) is 5.75 Å². The zero-order valence-corrected chi connectivity index (χ0v) is 9.46. The Morgan fingerprint density at radius 2 is 2.06 bits per heavy atom. The Balaban J connectivity index is 3.17. The first-order valence-corrected chi connectivity index (χ1v) is 5.21. The number of rotatable bonds is 5. The molecule has 0 fully saturated rings. The minimum atomic E-state index is -3.05. The lowest BCUT2D eigenvalue weighted by Crippen LogP contribution is -2.16. The van der Waals surface area contributed by atoms with Gasteiger partial charge in [0.25, 0.3) is 5.92 Å². The van der Waals surface area contributed by atoms with Gasteiger partial charge in [-0.3, -0.25) is 0 Å². The molecule has 90 valence electrons. The van der Waals surface area contributed by atoms with E-state index in [2.05, 4.69) is 0 Å². The molecule has 1 aromatic rings. The van der Waals surface area contributed by atoms with Crippen molar-refractivity contribution in [2.75, 3.05) is 13.7 Å². The Hall–Kier alpha value is -1.16. The zero-order valence-electron chi connectivity index (χ0n) is 9.46. The molecule has 16 heavy (non-hydrogen) atoms. The fraction of sp³-hybridized carbons (Fsp3) is 0.500. The minimum absolute atomic E-state index is 0.150. The lowest BCUT2D eigenvalue weighted by atomic mass is 10.0. The van der Waals surface area contributed by atoms with Crippen molar-refractivity contribution < 1.29 is 18.6 Å². The molecule has 0 saturated carbocycles. The molecule has 0 spiro atoms. The topological polar surface area (TPSA) is 29.5 Å². The highest BCUT2D eigenvalue weighted by Crippen LogP contribution is 2.38. The van der Waals surface area contributed by atoms with Crippen molar-refractivity contribution in [3.63, 3.8) is 0 Å². The first kappa shape index (κ1) is 12.9. The number of halogens is 2. The number of aliphatic hydroxyl groups excluding tert-OH is 1. The van der Waals surface area contributed by atoms with E-state index in [1.807, 2.05) is 6.92 Å². The quantitative estimate of drug-likeness (QED) is 0.842. The summed E-state index contributed by atoms with van der Waals surface area (Å²) in [6.07, 6.45) is 0.0999. The standard InChI is InChI=1S/C12H16F2O2/c1-3-9-4-5-11(16-2)10(8-9)12(13,14)6-7-15/h4-5,8,15H,3,6-7H2,1-2H3. The molecule has 0 aliphatic heterocycles. The summed E-state index contributed by atoms with van der Waals surface area (Å²) in [5.41, 5.74) is 0.678. The molecule has 1 N–H and O–H groups in total. The van der Waals surface area contributed by atoms with Gasteiger partial charge < -0.3 is 9.84 Å².